The van der Waals surface area contributed by atoms with Gasteiger partial charge in [-0.2, -0.15) is 5.26 Å². The van der Waals surface area contributed by atoms with Gasteiger partial charge in [-0.3, -0.25) is 4.79 Å². The molecule has 1 N–H and O–H groups in total. The molecule has 1 aromatic rings. The lowest BCUT2D eigenvalue weighted by atomic mass is 9.99. The number of Topliss-reactive ketones (excluding diaryl/α,β-unsaturated/α-hetero) is 1. The van der Waals surface area contributed by atoms with Gasteiger partial charge < -0.3 is 10.1 Å². The Hall–Kier alpha value is -1.12. The van der Waals surface area contributed by atoms with Crippen LogP contribution >= 0.6 is 24.0 Å². The normalized spacial score (nSPS) is 19.5. The van der Waals surface area contributed by atoms with E-state index < -0.39 is 0 Å². The zero-order valence-electron chi connectivity index (χ0n) is 13.9. The average Bonchev–Trinajstić information content (AvgIpc) is 2.94. The first kappa shape index (κ1) is 20.9. The summed E-state index contributed by atoms with van der Waals surface area (Å²) in [5.41, 5.74) is 1.32. The molecule has 2 rings (SSSR count). The predicted octanol–water partition coefficient (Wildman–Crippen LogP) is 3.54. The minimum atomic E-state index is 0. The number of nitrogens with one attached hydrogen (secondary N) is 1. The summed E-state index contributed by atoms with van der Waals surface area (Å²) in [5, 5.41) is 12.9. The van der Waals surface area contributed by atoms with Gasteiger partial charge >= 0.3 is 0 Å². The Kier molecular flexibility index (Phi) is 9.31. The zero-order valence-corrected chi connectivity index (χ0v) is 15.5. The number of hydrogen-bond donors (Lipinski definition) is 1. The summed E-state index contributed by atoms with van der Waals surface area (Å²) in [6.45, 7) is 1.81. The fourth-order valence-corrected chi connectivity index (χ4v) is 3.42. The van der Waals surface area contributed by atoms with Crippen molar-refractivity contribution in [3.05, 3.63) is 34.3 Å². The highest BCUT2D eigenvalue weighted by molar-refractivity contribution is 6.30. The van der Waals surface area contributed by atoms with E-state index >= 15 is 0 Å². The van der Waals surface area contributed by atoms with Crippen molar-refractivity contribution in [2.45, 2.75) is 38.1 Å². The van der Waals surface area contributed by atoms with Gasteiger partial charge in [0, 0.05) is 37.6 Å². The highest BCUT2D eigenvalue weighted by Gasteiger charge is 2.23. The third-order valence-corrected chi connectivity index (χ3v) is 4.43. The van der Waals surface area contributed by atoms with Crippen LogP contribution in [0.25, 0.3) is 0 Å². The van der Waals surface area contributed by atoms with Gasteiger partial charge in [0.15, 0.2) is 0 Å². The molecule has 1 aliphatic rings. The number of benzene rings is 1. The minimum absolute atomic E-state index is 0. The van der Waals surface area contributed by atoms with Gasteiger partial charge in [0.25, 0.3) is 0 Å². The van der Waals surface area contributed by atoms with Crippen LogP contribution in [0.4, 0.5) is 0 Å². The first-order valence-electron chi connectivity index (χ1n) is 8.04. The summed E-state index contributed by atoms with van der Waals surface area (Å²) in [6.07, 6.45) is 3.95. The number of nitriles is 1. The third-order valence-electron chi connectivity index (χ3n) is 4.21. The molecule has 0 bridgehead atoms. The van der Waals surface area contributed by atoms with Crippen LogP contribution in [0, 0.1) is 17.2 Å². The van der Waals surface area contributed by atoms with E-state index in [9.17, 15) is 4.79 Å². The van der Waals surface area contributed by atoms with Gasteiger partial charge in [-0.05, 0) is 48.9 Å². The van der Waals surface area contributed by atoms with E-state index in [1.807, 2.05) is 0 Å². The maximum absolute atomic E-state index is 12.1. The molecule has 1 heterocycles. The minimum Gasteiger partial charge on any atom is -0.384 e. The molecule has 0 amide bonds. The second-order valence-corrected chi connectivity index (χ2v) is 6.67. The topological polar surface area (TPSA) is 62.1 Å². The highest BCUT2D eigenvalue weighted by Crippen LogP contribution is 2.19. The first-order chi connectivity index (χ1) is 11.1. The van der Waals surface area contributed by atoms with Crippen LogP contribution in [0.2, 0.25) is 5.02 Å². The van der Waals surface area contributed by atoms with Crippen molar-refractivity contribution >= 4 is 29.8 Å². The van der Waals surface area contributed by atoms with Crippen LogP contribution < -0.4 is 5.32 Å². The Balaban J connectivity index is 0.00000288. The highest BCUT2D eigenvalue weighted by atomic mass is 35.5. The number of carbonyl (C=O) groups excluding carboxylic acids is 1. The summed E-state index contributed by atoms with van der Waals surface area (Å²) in [4.78, 5) is 12.1. The van der Waals surface area contributed by atoms with Gasteiger partial charge in [-0.15, -0.1) is 12.4 Å². The lowest BCUT2D eigenvalue weighted by molar-refractivity contribution is -0.118. The summed E-state index contributed by atoms with van der Waals surface area (Å²) < 4.78 is 5.18. The quantitative estimate of drug-likeness (QED) is 0.759. The van der Waals surface area contributed by atoms with Crippen molar-refractivity contribution in [3.63, 3.8) is 0 Å². The molecular formula is C18H24Cl2N2O2. The predicted molar refractivity (Wildman–Crippen MR) is 97.8 cm³/mol. The maximum atomic E-state index is 12.1. The molecule has 2 atom stereocenters. The van der Waals surface area contributed by atoms with Gasteiger partial charge in [0.2, 0.25) is 0 Å². The van der Waals surface area contributed by atoms with E-state index in [2.05, 4.69) is 11.4 Å². The largest absolute Gasteiger partial charge is 0.384 e. The van der Waals surface area contributed by atoms with Crippen LogP contribution in [-0.4, -0.2) is 32.1 Å². The van der Waals surface area contributed by atoms with E-state index in [-0.39, 0.29) is 18.2 Å². The van der Waals surface area contributed by atoms with Crippen molar-refractivity contribution in [2.24, 2.45) is 5.92 Å². The summed E-state index contributed by atoms with van der Waals surface area (Å²) in [5.74, 6) is 0.791. The number of ketones is 1. The fourth-order valence-electron chi connectivity index (χ4n) is 3.16. The lowest BCUT2D eigenvalue weighted by Gasteiger charge is -2.10. The smallest absolute Gasteiger partial charge is 0.137 e. The van der Waals surface area contributed by atoms with E-state index in [0.717, 1.165) is 38.0 Å². The standard InChI is InChI=1S/C18H23ClN2O2.ClH/c1-23-12-15-8-17(21-11-15)3-2-4-18(22)9-13-5-14(10-20)7-16(19)6-13;/h5-7,15,17,21H,2-4,8-9,11-12H2,1H3;1H/t15-,17+;/m0./s1. The monoisotopic (exact) mass is 370 g/mol. The van der Waals surface area contributed by atoms with E-state index in [0.29, 0.717) is 35.4 Å². The van der Waals surface area contributed by atoms with Crippen molar-refractivity contribution in [2.75, 3.05) is 20.3 Å². The number of halogens is 2. The molecule has 0 radical (unpaired) electrons. The molecule has 132 valence electrons. The molecule has 1 aliphatic heterocycles. The van der Waals surface area contributed by atoms with Crippen molar-refractivity contribution < 1.29 is 9.53 Å². The lowest BCUT2D eigenvalue weighted by Crippen LogP contribution is -2.21. The van der Waals surface area contributed by atoms with Crippen molar-refractivity contribution in [1.82, 2.24) is 5.32 Å². The Labute approximate surface area is 154 Å². The van der Waals surface area contributed by atoms with Crippen LogP contribution in [-0.2, 0) is 16.0 Å². The number of nitrogens with zero attached hydrogens (tertiary/aromatic N) is 1. The second kappa shape index (κ2) is 10.7. The average molecular weight is 371 g/mol. The number of rotatable bonds is 8. The Bertz CT molecular complexity index is 587. The second-order valence-electron chi connectivity index (χ2n) is 6.23. The molecule has 1 aromatic carbocycles. The number of carbonyl (C=O) groups is 1. The molecule has 0 aromatic heterocycles. The Morgan fingerprint density at radius 3 is 2.96 bits per heavy atom. The molecule has 6 heteroatoms. The van der Waals surface area contributed by atoms with Crippen molar-refractivity contribution in [1.29, 1.82) is 5.26 Å². The summed E-state index contributed by atoms with van der Waals surface area (Å²) in [6, 6.07) is 7.66. The van der Waals surface area contributed by atoms with Gasteiger partial charge in [-0.25, -0.2) is 0 Å². The number of methoxy groups -OCH3 is 1. The number of ether oxygens (including phenoxy) is 1. The first-order valence-corrected chi connectivity index (χ1v) is 8.42. The molecule has 0 spiro atoms. The molecule has 0 unspecified atom stereocenters. The third kappa shape index (κ3) is 6.78. The molecule has 0 aliphatic carbocycles. The Morgan fingerprint density at radius 2 is 2.25 bits per heavy atom. The van der Waals surface area contributed by atoms with E-state index in [1.54, 1.807) is 25.3 Å². The van der Waals surface area contributed by atoms with Crippen LogP contribution in [0.3, 0.4) is 0 Å². The molecule has 4 nitrogen and oxygen atoms in total. The van der Waals surface area contributed by atoms with Crippen LogP contribution in [0.5, 0.6) is 0 Å². The van der Waals surface area contributed by atoms with Gasteiger partial charge in [0.05, 0.1) is 18.2 Å². The Morgan fingerprint density at radius 1 is 1.46 bits per heavy atom. The van der Waals surface area contributed by atoms with Crippen molar-refractivity contribution in [3.8, 4) is 6.07 Å². The SMILES string of the molecule is COC[C@@H]1CN[C@H](CCCC(=O)Cc2cc(Cl)cc(C#N)c2)C1.Cl. The summed E-state index contributed by atoms with van der Waals surface area (Å²) >= 11 is 5.96. The summed E-state index contributed by atoms with van der Waals surface area (Å²) in [7, 11) is 1.74. The van der Waals surface area contributed by atoms with Gasteiger partial charge in [-0.1, -0.05) is 11.6 Å². The molecule has 0 saturated carbocycles. The fraction of sp³-hybridized carbons (Fsp3) is 0.556. The van der Waals surface area contributed by atoms with E-state index in [1.165, 1.54) is 0 Å². The molecule has 24 heavy (non-hydrogen) atoms. The van der Waals surface area contributed by atoms with E-state index in [4.69, 9.17) is 21.6 Å². The number of hydrogen-bond acceptors (Lipinski definition) is 4. The van der Waals surface area contributed by atoms with Crippen LogP contribution in [0.1, 0.15) is 36.8 Å². The molecular weight excluding hydrogens is 347 g/mol. The van der Waals surface area contributed by atoms with Gasteiger partial charge in [0.1, 0.15) is 5.78 Å². The van der Waals surface area contributed by atoms with Crippen LogP contribution in [0.15, 0.2) is 18.2 Å². The molecule has 1 fully saturated rings. The molecule has 1 saturated heterocycles. The zero-order chi connectivity index (χ0) is 16.7. The maximum Gasteiger partial charge on any atom is 0.137 e.